The second kappa shape index (κ2) is 6.05. The largest absolute Gasteiger partial charge is 0.393 e. The molecule has 0 bridgehead atoms. The highest BCUT2D eigenvalue weighted by Crippen LogP contribution is 2.19. The van der Waals surface area contributed by atoms with E-state index in [1.165, 1.54) is 0 Å². The third-order valence-electron chi connectivity index (χ3n) is 2.31. The summed E-state index contributed by atoms with van der Waals surface area (Å²) < 4.78 is 4.90. The van der Waals surface area contributed by atoms with Crippen LogP contribution in [0.5, 0.6) is 0 Å². The lowest BCUT2D eigenvalue weighted by atomic mass is 10.0. The molecule has 1 N–H and O–H groups in total. The first-order valence-corrected chi connectivity index (χ1v) is 5.30. The van der Waals surface area contributed by atoms with Crippen LogP contribution >= 0.6 is 11.6 Å². The Morgan fingerprint density at radius 2 is 2.33 bits per heavy atom. The van der Waals surface area contributed by atoms with Gasteiger partial charge in [-0.15, -0.1) is 0 Å². The molecule has 0 aliphatic heterocycles. The molecule has 0 spiro atoms. The lowest BCUT2D eigenvalue weighted by Crippen LogP contribution is -2.14. The van der Waals surface area contributed by atoms with Gasteiger partial charge in [0, 0.05) is 37.1 Å². The zero-order chi connectivity index (χ0) is 11.3. The minimum absolute atomic E-state index is 0.426. The molecule has 0 saturated heterocycles. The highest BCUT2D eigenvalue weighted by molar-refractivity contribution is 6.31. The molecule has 4 heteroatoms. The van der Waals surface area contributed by atoms with E-state index in [2.05, 4.69) is 4.98 Å². The van der Waals surface area contributed by atoms with Crippen LogP contribution in [0.15, 0.2) is 12.3 Å². The van der Waals surface area contributed by atoms with Gasteiger partial charge in [-0.1, -0.05) is 11.6 Å². The number of aliphatic hydroxyl groups is 1. The molecule has 15 heavy (non-hydrogen) atoms. The summed E-state index contributed by atoms with van der Waals surface area (Å²) in [6.45, 7) is 2.45. The van der Waals surface area contributed by atoms with Crippen molar-refractivity contribution in [2.75, 3.05) is 13.7 Å². The van der Waals surface area contributed by atoms with Gasteiger partial charge in [0.25, 0.3) is 0 Å². The van der Waals surface area contributed by atoms with E-state index >= 15 is 0 Å². The van der Waals surface area contributed by atoms with E-state index in [9.17, 15) is 5.11 Å². The zero-order valence-corrected chi connectivity index (χ0v) is 9.79. The maximum absolute atomic E-state index is 9.72. The van der Waals surface area contributed by atoms with Gasteiger partial charge in [0.05, 0.1) is 6.10 Å². The van der Waals surface area contributed by atoms with Crippen LogP contribution in [0.2, 0.25) is 5.02 Å². The Morgan fingerprint density at radius 1 is 1.60 bits per heavy atom. The predicted octanol–water partition coefficient (Wildman–Crippen LogP) is 1.98. The molecule has 1 aromatic rings. The van der Waals surface area contributed by atoms with Crippen LogP contribution in [0.4, 0.5) is 0 Å². The van der Waals surface area contributed by atoms with Crippen molar-refractivity contribution < 1.29 is 9.84 Å². The quantitative estimate of drug-likeness (QED) is 0.840. The molecule has 0 aliphatic carbocycles. The summed E-state index contributed by atoms with van der Waals surface area (Å²) >= 11 is 6.03. The van der Waals surface area contributed by atoms with Crippen LogP contribution in [-0.2, 0) is 11.2 Å². The number of aliphatic hydroxyl groups excluding tert-OH is 1. The van der Waals surface area contributed by atoms with Crippen molar-refractivity contribution in [1.82, 2.24) is 4.98 Å². The van der Waals surface area contributed by atoms with E-state index in [1.807, 2.05) is 6.92 Å². The highest BCUT2D eigenvalue weighted by Gasteiger charge is 2.11. The first kappa shape index (κ1) is 12.4. The van der Waals surface area contributed by atoms with Gasteiger partial charge in [-0.2, -0.15) is 0 Å². The number of aryl methyl sites for hydroxylation is 1. The number of rotatable bonds is 5. The monoisotopic (exact) mass is 229 g/mol. The summed E-state index contributed by atoms with van der Waals surface area (Å²) in [4.78, 5) is 4.15. The van der Waals surface area contributed by atoms with Gasteiger partial charge in [0.1, 0.15) is 0 Å². The van der Waals surface area contributed by atoms with Crippen molar-refractivity contribution in [2.24, 2.45) is 0 Å². The Balaban J connectivity index is 2.63. The lowest BCUT2D eigenvalue weighted by Gasteiger charge is -2.12. The maximum Gasteiger partial charge on any atom is 0.0603 e. The molecule has 0 aliphatic rings. The van der Waals surface area contributed by atoms with Crippen molar-refractivity contribution >= 4 is 11.6 Å². The van der Waals surface area contributed by atoms with Crippen molar-refractivity contribution in [3.05, 3.63) is 28.5 Å². The van der Waals surface area contributed by atoms with Gasteiger partial charge in [-0.05, 0) is 25.0 Å². The molecule has 0 radical (unpaired) electrons. The summed E-state index contributed by atoms with van der Waals surface area (Å²) in [7, 11) is 1.62. The molecule has 84 valence electrons. The van der Waals surface area contributed by atoms with Gasteiger partial charge in [0.2, 0.25) is 0 Å². The van der Waals surface area contributed by atoms with Crippen molar-refractivity contribution in [2.45, 2.75) is 25.9 Å². The molecule has 1 atom stereocenters. The van der Waals surface area contributed by atoms with Gasteiger partial charge in [0.15, 0.2) is 0 Å². The fourth-order valence-electron chi connectivity index (χ4n) is 1.40. The number of aromatic nitrogens is 1. The van der Waals surface area contributed by atoms with Crippen LogP contribution in [0, 0.1) is 6.92 Å². The predicted molar refractivity (Wildman–Crippen MR) is 60.2 cm³/mol. The molecule has 1 rings (SSSR count). The molecule has 0 fully saturated rings. The second-order valence-corrected chi connectivity index (χ2v) is 3.90. The molecular weight excluding hydrogens is 214 g/mol. The van der Waals surface area contributed by atoms with E-state index < -0.39 is 6.10 Å². The van der Waals surface area contributed by atoms with Crippen molar-refractivity contribution in [3.63, 3.8) is 0 Å². The third kappa shape index (κ3) is 3.78. The summed E-state index contributed by atoms with van der Waals surface area (Å²) in [5.41, 5.74) is 1.79. The van der Waals surface area contributed by atoms with Crippen LogP contribution in [0.25, 0.3) is 0 Å². The topological polar surface area (TPSA) is 42.4 Å². The number of methoxy groups -OCH3 is 1. The molecule has 0 aromatic carbocycles. The lowest BCUT2D eigenvalue weighted by molar-refractivity contribution is 0.110. The average Bonchev–Trinajstić information content (AvgIpc) is 2.21. The van der Waals surface area contributed by atoms with E-state index in [0.717, 1.165) is 11.3 Å². The average molecular weight is 230 g/mol. The molecule has 0 saturated carbocycles. The maximum atomic E-state index is 9.72. The fraction of sp³-hybridized carbons (Fsp3) is 0.545. The minimum atomic E-state index is -0.426. The van der Waals surface area contributed by atoms with E-state index in [4.69, 9.17) is 16.3 Å². The summed E-state index contributed by atoms with van der Waals surface area (Å²) in [5, 5.41) is 10.4. The number of hydrogen-bond donors (Lipinski definition) is 1. The first-order valence-electron chi connectivity index (χ1n) is 4.92. The van der Waals surface area contributed by atoms with Gasteiger partial charge < -0.3 is 9.84 Å². The van der Waals surface area contributed by atoms with Crippen LogP contribution in [0.1, 0.15) is 17.7 Å². The molecular formula is C11H16ClNO2. The van der Waals surface area contributed by atoms with E-state index in [1.54, 1.807) is 19.4 Å². The van der Waals surface area contributed by atoms with E-state index in [0.29, 0.717) is 24.5 Å². The SMILES string of the molecule is COCCC(O)Cc1c(Cl)ccnc1C. The Bertz CT molecular complexity index is 297. The van der Waals surface area contributed by atoms with E-state index in [-0.39, 0.29) is 0 Å². The van der Waals surface area contributed by atoms with Gasteiger partial charge in [-0.25, -0.2) is 0 Å². The van der Waals surface area contributed by atoms with Crippen LogP contribution in [0.3, 0.4) is 0 Å². The molecule has 3 nitrogen and oxygen atoms in total. The smallest absolute Gasteiger partial charge is 0.0603 e. The summed E-state index contributed by atoms with van der Waals surface area (Å²) in [6, 6.07) is 1.74. The van der Waals surface area contributed by atoms with Gasteiger partial charge in [-0.3, -0.25) is 4.98 Å². The zero-order valence-electron chi connectivity index (χ0n) is 9.03. The normalized spacial score (nSPS) is 12.8. The number of hydrogen-bond acceptors (Lipinski definition) is 3. The fourth-order valence-corrected chi connectivity index (χ4v) is 1.67. The Labute approximate surface area is 95.1 Å². The number of pyridine rings is 1. The van der Waals surface area contributed by atoms with Crippen molar-refractivity contribution in [1.29, 1.82) is 0 Å². The van der Waals surface area contributed by atoms with Crippen LogP contribution in [-0.4, -0.2) is 29.9 Å². The Hall–Kier alpha value is -0.640. The highest BCUT2D eigenvalue weighted by atomic mass is 35.5. The Kier molecular flexibility index (Phi) is 5.02. The standard InChI is InChI=1S/C11H16ClNO2/c1-8-10(11(12)3-5-13-8)7-9(14)4-6-15-2/h3,5,9,14H,4,6-7H2,1-2H3. The summed E-state index contributed by atoms with van der Waals surface area (Å²) in [5.74, 6) is 0. The minimum Gasteiger partial charge on any atom is -0.393 e. The number of halogens is 1. The first-order chi connectivity index (χ1) is 7.15. The summed E-state index contributed by atoms with van der Waals surface area (Å²) in [6.07, 6.45) is 2.39. The number of nitrogens with zero attached hydrogens (tertiary/aromatic N) is 1. The Morgan fingerprint density at radius 3 is 2.93 bits per heavy atom. The van der Waals surface area contributed by atoms with Crippen molar-refractivity contribution in [3.8, 4) is 0 Å². The second-order valence-electron chi connectivity index (χ2n) is 3.50. The molecule has 0 amide bonds. The van der Waals surface area contributed by atoms with Gasteiger partial charge >= 0.3 is 0 Å². The molecule has 1 unspecified atom stereocenters. The molecule has 1 heterocycles. The third-order valence-corrected chi connectivity index (χ3v) is 2.66. The molecule has 1 aromatic heterocycles. The van der Waals surface area contributed by atoms with Crippen LogP contribution < -0.4 is 0 Å². The number of ether oxygens (including phenoxy) is 1.